The van der Waals surface area contributed by atoms with Gasteiger partial charge in [0, 0.05) is 6.07 Å². The number of carbonyl (C=O) groups is 1. The Kier molecular flexibility index (Phi) is 4.83. The normalized spacial score (nSPS) is 10.5. The van der Waals surface area contributed by atoms with Gasteiger partial charge in [0.2, 0.25) is 5.16 Å². The monoisotopic (exact) mass is 343 g/mol. The minimum Gasteiger partial charge on any atom is -0.462 e. The lowest BCUT2D eigenvalue weighted by Gasteiger charge is -2.07. The summed E-state index contributed by atoms with van der Waals surface area (Å²) < 4.78 is 5.91. The quantitative estimate of drug-likeness (QED) is 0.377. The second kappa shape index (κ2) is 6.62. The van der Waals surface area contributed by atoms with Gasteiger partial charge >= 0.3 is 5.97 Å². The van der Waals surface area contributed by atoms with Gasteiger partial charge in [-0.25, -0.2) is 9.47 Å². The molecule has 9 nitrogen and oxygen atoms in total. The van der Waals surface area contributed by atoms with Gasteiger partial charge < -0.3 is 10.6 Å². The first-order valence-electron chi connectivity index (χ1n) is 5.92. The molecule has 1 aromatic heterocycles. The van der Waals surface area contributed by atoms with Crippen molar-refractivity contribution in [2.75, 3.05) is 12.4 Å². The number of benzene rings is 1. The Balaban J connectivity index is 2.47. The number of rotatable bonds is 5. The van der Waals surface area contributed by atoms with Crippen LogP contribution < -0.4 is 5.84 Å². The van der Waals surface area contributed by atoms with Crippen LogP contribution in [0.15, 0.2) is 28.5 Å². The van der Waals surface area contributed by atoms with Gasteiger partial charge in [-0.05, 0) is 24.8 Å². The summed E-state index contributed by atoms with van der Waals surface area (Å²) >= 11 is 6.94. The van der Waals surface area contributed by atoms with Crippen LogP contribution in [0.4, 0.5) is 5.69 Å². The fourth-order valence-electron chi connectivity index (χ4n) is 1.54. The van der Waals surface area contributed by atoms with Crippen LogP contribution in [-0.2, 0) is 4.74 Å². The fourth-order valence-corrected chi connectivity index (χ4v) is 2.69. The molecule has 1 heterocycles. The Labute approximate surface area is 133 Å². The van der Waals surface area contributed by atoms with Crippen molar-refractivity contribution in [3.8, 4) is 0 Å². The topological polar surface area (TPSA) is 126 Å². The molecule has 2 N–H and O–H groups in total. The molecule has 0 radical (unpaired) electrons. The predicted molar refractivity (Wildman–Crippen MR) is 78.4 cm³/mol. The third-order valence-electron chi connectivity index (χ3n) is 2.47. The number of nitrogens with zero attached hydrogens (tertiary/aromatic N) is 4. The molecule has 0 unspecified atom stereocenters. The van der Waals surface area contributed by atoms with Crippen molar-refractivity contribution in [3.63, 3.8) is 0 Å². The van der Waals surface area contributed by atoms with Crippen molar-refractivity contribution in [1.29, 1.82) is 0 Å². The largest absolute Gasteiger partial charge is 0.462 e. The van der Waals surface area contributed by atoms with Gasteiger partial charge in [0.25, 0.3) is 5.69 Å². The summed E-state index contributed by atoms with van der Waals surface area (Å²) in [5.41, 5.74) is -0.347. The van der Waals surface area contributed by atoms with E-state index in [1.54, 1.807) is 6.92 Å². The lowest BCUT2D eigenvalue weighted by atomic mass is 10.2. The minimum atomic E-state index is -0.689. The molecular weight excluding hydrogens is 334 g/mol. The van der Waals surface area contributed by atoms with E-state index in [9.17, 15) is 14.9 Å². The number of esters is 1. The van der Waals surface area contributed by atoms with Crippen LogP contribution in [0, 0.1) is 10.1 Å². The molecule has 0 aliphatic rings. The zero-order chi connectivity index (χ0) is 16.3. The number of nitro benzene ring substituents is 1. The third kappa shape index (κ3) is 3.28. The molecule has 0 atom stereocenters. The molecule has 2 rings (SSSR count). The van der Waals surface area contributed by atoms with Crippen molar-refractivity contribution in [1.82, 2.24) is 14.9 Å². The summed E-state index contributed by atoms with van der Waals surface area (Å²) in [6.07, 6.45) is 1.25. The highest BCUT2D eigenvalue weighted by Gasteiger charge is 2.24. The second-order valence-electron chi connectivity index (χ2n) is 3.91. The third-order valence-corrected chi connectivity index (χ3v) is 3.98. The van der Waals surface area contributed by atoms with Crippen molar-refractivity contribution >= 4 is 35.0 Å². The number of halogens is 1. The maximum atomic E-state index is 11.7. The Morgan fingerprint density at radius 1 is 1.59 bits per heavy atom. The summed E-state index contributed by atoms with van der Waals surface area (Å²) in [5.74, 6) is 4.88. The van der Waals surface area contributed by atoms with Crippen molar-refractivity contribution < 1.29 is 14.5 Å². The molecule has 1 aromatic carbocycles. The number of hydrogen-bond donors (Lipinski definition) is 1. The molecule has 0 saturated carbocycles. The SMILES string of the molecule is CCOC(=O)c1cc(Cl)c(Sc2nncn2N)c([N+](=O)[O-])c1. The average Bonchev–Trinajstić information content (AvgIpc) is 2.86. The molecule has 0 fully saturated rings. The van der Waals surface area contributed by atoms with Crippen LogP contribution in [0.3, 0.4) is 0 Å². The van der Waals surface area contributed by atoms with Gasteiger partial charge in [0.15, 0.2) is 0 Å². The van der Waals surface area contributed by atoms with Crippen LogP contribution in [0.5, 0.6) is 0 Å². The van der Waals surface area contributed by atoms with E-state index >= 15 is 0 Å². The van der Waals surface area contributed by atoms with Gasteiger partial charge in [0.05, 0.1) is 22.1 Å². The van der Waals surface area contributed by atoms with E-state index in [1.165, 1.54) is 12.4 Å². The number of nitrogen functional groups attached to an aromatic ring is 1. The van der Waals surface area contributed by atoms with Crippen molar-refractivity contribution in [2.45, 2.75) is 17.0 Å². The maximum Gasteiger partial charge on any atom is 0.338 e. The molecule has 0 saturated heterocycles. The number of carbonyl (C=O) groups excluding carboxylic acids is 1. The van der Waals surface area contributed by atoms with Gasteiger partial charge in [-0.1, -0.05) is 11.6 Å². The molecule has 116 valence electrons. The zero-order valence-corrected chi connectivity index (χ0v) is 12.8. The summed E-state index contributed by atoms with van der Waals surface area (Å²) in [4.78, 5) is 22.4. The molecule has 11 heteroatoms. The molecule has 0 spiro atoms. The molecule has 0 aliphatic heterocycles. The minimum absolute atomic E-state index is 0.00267. The van der Waals surface area contributed by atoms with Crippen LogP contribution in [0.2, 0.25) is 5.02 Å². The first-order chi connectivity index (χ1) is 10.4. The highest BCUT2D eigenvalue weighted by molar-refractivity contribution is 7.99. The fraction of sp³-hybridized carbons (Fsp3) is 0.182. The number of nitrogens with two attached hydrogens (primary N) is 1. The average molecular weight is 344 g/mol. The summed E-state index contributed by atoms with van der Waals surface area (Å²) in [6, 6.07) is 2.40. The first-order valence-corrected chi connectivity index (χ1v) is 7.11. The molecular formula is C11H10ClN5O4S. The lowest BCUT2D eigenvalue weighted by Crippen LogP contribution is -2.08. The first kappa shape index (κ1) is 16.0. The van der Waals surface area contributed by atoms with E-state index in [0.29, 0.717) is 0 Å². The lowest BCUT2D eigenvalue weighted by molar-refractivity contribution is -0.387. The number of aromatic nitrogens is 3. The molecule has 22 heavy (non-hydrogen) atoms. The van der Waals surface area contributed by atoms with Gasteiger partial charge in [-0.15, -0.1) is 10.2 Å². The van der Waals surface area contributed by atoms with E-state index in [2.05, 4.69) is 10.2 Å². The van der Waals surface area contributed by atoms with E-state index in [4.69, 9.17) is 22.2 Å². The Morgan fingerprint density at radius 3 is 2.86 bits per heavy atom. The molecule has 0 aliphatic carbocycles. The summed E-state index contributed by atoms with van der Waals surface area (Å²) in [7, 11) is 0. The van der Waals surface area contributed by atoms with Crippen molar-refractivity contribution in [2.24, 2.45) is 0 Å². The van der Waals surface area contributed by atoms with E-state index in [1.807, 2.05) is 0 Å². The Hall–Kier alpha value is -2.33. The molecule has 0 amide bonds. The Morgan fingerprint density at radius 2 is 2.32 bits per heavy atom. The zero-order valence-electron chi connectivity index (χ0n) is 11.2. The second-order valence-corrected chi connectivity index (χ2v) is 5.29. The van der Waals surface area contributed by atoms with Crippen LogP contribution in [0.1, 0.15) is 17.3 Å². The van der Waals surface area contributed by atoms with E-state index in [0.717, 1.165) is 22.5 Å². The van der Waals surface area contributed by atoms with E-state index in [-0.39, 0.29) is 32.9 Å². The standard InChI is InChI=1S/C11H10ClN5O4S/c1-2-21-10(18)6-3-7(12)9(8(4-6)17(19)20)22-11-15-14-5-16(11)13/h3-5H,2,13H2,1H3. The molecule has 0 bridgehead atoms. The Bertz CT molecular complexity index is 735. The van der Waals surface area contributed by atoms with E-state index < -0.39 is 10.9 Å². The predicted octanol–water partition coefficient (Wildman–Crippen LogP) is 1.88. The van der Waals surface area contributed by atoms with Crippen LogP contribution >= 0.6 is 23.4 Å². The van der Waals surface area contributed by atoms with Gasteiger partial charge in [0.1, 0.15) is 11.2 Å². The van der Waals surface area contributed by atoms with Crippen LogP contribution in [0.25, 0.3) is 0 Å². The number of hydrogen-bond acceptors (Lipinski definition) is 8. The van der Waals surface area contributed by atoms with Crippen LogP contribution in [-0.4, -0.2) is 32.4 Å². The highest BCUT2D eigenvalue weighted by Crippen LogP contribution is 2.39. The number of ether oxygens (including phenoxy) is 1. The van der Waals surface area contributed by atoms with Gasteiger partial charge in [-0.2, -0.15) is 0 Å². The van der Waals surface area contributed by atoms with Crippen molar-refractivity contribution in [3.05, 3.63) is 39.2 Å². The summed E-state index contributed by atoms with van der Waals surface area (Å²) in [6.45, 7) is 1.78. The number of nitro groups is 1. The van der Waals surface area contributed by atoms with Gasteiger partial charge in [-0.3, -0.25) is 10.1 Å². The highest BCUT2D eigenvalue weighted by atomic mass is 35.5. The maximum absolute atomic E-state index is 11.7. The molecule has 2 aromatic rings. The summed E-state index contributed by atoms with van der Waals surface area (Å²) in [5, 5.41) is 18.8. The smallest absolute Gasteiger partial charge is 0.338 e.